The Kier molecular flexibility index (Phi) is 12.9. The number of carbonyl (C=O) groups is 1. The second-order valence-corrected chi connectivity index (χ2v) is 7.78. The Morgan fingerprint density at radius 3 is 2.49 bits per heavy atom. The van der Waals surface area contributed by atoms with E-state index in [1.807, 2.05) is 6.07 Å². The first kappa shape index (κ1) is 29.5. The van der Waals surface area contributed by atoms with Crippen LogP contribution in [0.4, 0.5) is 0 Å². The smallest absolute Gasteiger partial charge is 0.465 e. The molecule has 1 aliphatic heterocycles. The highest BCUT2D eigenvalue weighted by molar-refractivity contribution is 7.33. The van der Waals surface area contributed by atoms with E-state index >= 15 is 0 Å². The van der Waals surface area contributed by atoms with Crippen LogP contribution in [-0.4, -0.2) is 40.9 Å². The largest absolute Gasteiger partial charge is 0.750 e. The summed E-state index contributed by atoms with van der Waals surface area (Å²) in [5.74, 6) is 0.104. The Morgan fingerprint density at radius 1 is 1.26 bits per heavy atom. The number of para-hydroxylation sites is 1. The highest BCUT2D eigenvalue weighted by atomic mass is 31.1. The quantitative estimate of drug-likeness (QED) is 0.237. The van der Waals surface area contributed by atoms with Crippen molar-refractivity contribution in [3.63, 3.8) is 0 Å². The molecule has 35 heavy (non-hydrogen) atoms. The number of aromatic nitrogens is 2. The zero-order valence-electron chi connectivity index (χ0n) is 19.7. The van der Waals surface area contributed by atoms with Gasteiger partial charge in [-0.15, -0.1) is 17.4 Å². The Morgan fingerprint density at radius 2 is 1.91 bits per heavy atom. The molecule has 0 amide bonds. The number of nitrogens with one attached hydrogen (secondary N) is 1. The van der Waals surface area contributed by atoms with Crippen LogP contribution in [0.15, 0.2) is 58.3 Å². The van der Waals surface area contributed by atoms with Crippen molar-refractivity contribution in [2.24, 2.45) is 5.73 Å². The van der Waals surface area contributed by atoms with E-state index in [0.717, 1.165) is 0 Å². The summed E-state index contributed by atoms with van der Waals surface area (Å²) in [4.78, 5) is 35.9. The first-order chi connectivity index (χ1) is 16.7. The predicted molar refractivity (Wildman–Crippen MR) is 130 cm³/mol. The van der Waals surface area contributed by atoms with Gasteiger partial charge in [-0.25, -0.2) is 9.32 Å². The molecule has 1 aliphatic rings. The number of aromatic amines is 1. The summed E-state index contributed by atoms with van der Waals surface area (Å²) >= 11 is 0. The van der Waals surface area contributed by atoms with Crippen LogP contribution in [0.5, 0.6) is 5.75 Å². The SMILES string of the molecule is C#C.CCOC(=O)[C@H](C)N.Cc1cn(C2C=CC(CO[P+](=O)Oc3ccccc3)O2)c(=O)[nH]c1=O. The summed E-state index contributed by atoms with van der Waals surface area (Å²) in [6, 6.07) is 8.19. The lowest BCUT2D eigenvalue weighted by Gasteiger charge is -2.14. The minimum Gasteiger partial charge on any atom is -0.465 e. The average Bonchev–Trinajstić information content (AvgIpc) is 3.31. The molecule has 12 heteroatoms. The van der Waals surface area contributed by atoms with Crippen LogP contribution in [0.3, 0.4) is 0 Å². The lowest BCUT2D eigenvalue weighted by molar-refractivity contribution is -0.144. The molecule has 1 aromatic carbocycles. The number of aryl methyl sites for hydroxylation is 1. The average molecular weight is 506 g/mol. The maximum atomic E-state index is 11.9. The van der Waals surface area contributed by atoms with E-state index < -0.39 is 37.9 Å². The van der Waals surface area contributed by atoms with Gasteiger partial charge < -0.3 is 15.2 Å². The van der Waals surface area contributed by atoms with Gasteiger partial charge in [-0.2, -0.15) is 0 Å². The van der Waals surface area contributed by atoms with Crippen LogP contribution >= 0.6 is 8.25 Å². The molecule has 0 spiro atoms. The molecule has 0 aliphatic carbocycles. The number of carbonyl (C=O) groups excluding carboxylic acids is 1. The minimum atomic E-state index is -2.34. The lowest BCUT2D eigenvalue weighted by atomic mass is 10.3. The molecule has 0 bridgehead atoms. The number of H-pyrrole nitrogens is 1. The molecule has 0 saturated heterocycles. The Labute approximate surface area is 203 Å². The molecule has 0 radical (unpaired) electrons. The molecule has 3 rings (SSSR count). The lowest BCUT2D eigenvalue weighted by Crippen LogP contribution is -2.33. The van der Waals surface area contributed by atoms with E-state index in [2.05, 4.69) is 22.6 Å². The van der Waals surface area contributed by atoms with Crippen LogP contribution < -0.4 is 21.5 Å². The van der Waals surface area contributed by atoms with Gasteiger partial charge in [-0.3, -0.25) is 19.1 Å². The third-order valence-corrected chi connectivity index (χ3v) is 4.87. The number of nitrogens with two attached hydrogens (primary N) is 1. The van der Waals surface area contributed by atoms with Gasteiger partial charge in [0.1, 0.15) is 18.8 Å². The van der Waals surface area contributed by atoms with E-state index in [9.17, 15) is 18.9 Å². The van der Waals surface area contributed by atoms with Crippen molar-refractivity contribution in [1.82, 2.24) is 9.55 Å². The standard InChI is InChI=1S/C16H15N2O6P.C5H11NO2.C2H2/c1-11-9-18(16(20)17-15(11)19)14-8-7-13(23-14)10-22-25(21)24-12-5-3-2-4-6-12;1-3-8-5(7)4(2)6;1-2/h2-9,13-14H,10H2,1H3;4H,3,6H2,1-2H3;1-2H/p+1/t;4-;/m.0./s1. The van der Waals surface area contributed by atoms with E-state index in [0.29, 0.717) is 17.9 Å². The number of nitrogens with zero attached hydrogens (tertiary/aromatic N) is 1. The number of terminal acetylenes is 1. The van der Waals surface area contributed by atoms with Gasteiger partial charge in [0.25, 0.3) is 5.56 Å². The van der Waals surface area contributed by atoms with Crippen LogP contribution in [-0.2, 0) is 23.4 Å². The third-order valence-electron chi connectivity index (χ3n) is 4.15. The van der Waals surface area contributed by atoms with Gasteiger partial charge in [0.15, 0.2) is 12.0 Å². The molecular weight excluding hydrogens is 477 g/mol. The van der Waals surface area contributed by atoms with Crippen molar-refractivity contribution >= 4 is 14.2 Å². The van der Waals surface area contributed by atoms with Crippen molar-refractivity contribution in [1.29, 1.82) is 0 Å². The van der Waals surface area contributed by atoms with Gasteiger partial charge in [0.05, 0.1) is 6.61 Å². The maximum absolute atomic E-state index is 11.9. The summed E-state index contributed by atoms with van der Waals surface area (Å²) in [5, 5.41) is 0. The Hall–Kier alpha value is -3.55. The van der Waals surface area contributed by atoms with Gasteiger partial charge in [0, 0.05) is 16.3 Å². The van der Waals surface area contributed by atoms with Crippen molar-refractivity contribution in [2.45, 2.75) is 39.1 Å². The van der Waals surface area contributed by atoms with Crippen molar-refractivity contribution in [3.05, 3.63) is 75.1 Å². The molecule has 2 heterocycles. The molecule has 4 atom stereocenters. The zero-order chi connectivity index (χ0) is 26.4. The second kappa shape index (κ2) is 15.4. The zero-order valence-corrected chi connectivity index (χ0v) is 20.6. The highest BCUT2D eigenvalue weighted by Crippen LogP contribution is 2.29. The molecule has 3 unspecified atom stereocenters. The highest BCUT2D eigenvalue weighted by Gasteiger charge is 2.28. The van der Waals surface area contributed by atoms with Crippen molar-refractivity contribution < 1.29 is 27.9 Å². The van der Waals surface area contributed by atoms with E-state index in [1.165, 1.54) is 10.8 Å². The van der Waals surface area contributed by atoms with Crippen LogP contribution in [0, 0.1) is 19.8 Å². The fraction of sp³-hybridized carbons (Fsp3) is 0.348. The molecule has 0 fully saturated rings. The topological polar surface area (TPSA) is 152 Å². The summed E-state index contributed by atoms with van der Waals surface area (Å²) in [6.07, 6.45) is 11.6. The number of hydrogen-bond donors (Lipinski definition) is 2. The van der Waals surface area contributed by atoms with Crippen molar-refractivity contribution in [3.8, 4) is 18.6 Å². The Bertz CT molecular complexity index is 1120. The number of hydrogen-bond acceptors (Lipinski definition) is 9. The predicted octanol–water partition coefficient (Wildman–Crippen LogP) is 2.20. The van der Waals surface area contributed by atoms with Crippen LogP contribution in [0.1, 0.15) is 25.6 Å². The van der Waals surface area contributed by atoms with E-state index in [-0.39, 0.29) is 12.6 Å². The van der Waals surface area contributed by atoms with Gasteiger partial charge in [-0.05, 0) is 39.0 Å². The first-order valence-electron chi connectivity index (χ1n) is 10.5. The molecule has 188 valence electrons. The summed E-state index contributed by atoms with van der Waals surface area (Å²) < 4.78 is 33.5. The van der Waals surface area contributed by atoms with Crippen LogP contribution in [0.25, 0.3) is 0 Å². The monoisotopic (exact) mass is 506 g/mol. The second-order valence-electron chi connectivity index (χ2n) is 6.89. The summed E-state index contributed by atoms with van der Waals surface area (Å²) in [7, 11) is -2.34. The number of benzene rings is 1. The third kappa shape index (κ3) is 10.1. The summed E-state index contributed by atoms with van der Waals surface area (Å²) in [6.45, 7) is 5.35. The fourth-order valence-electron chi connectivity index (χ4n) is 2.52. The summed E-state index contributed by atoms with van der Waals surface area (Å²) in [5.41, 5.74) is 4.55. The normalized spacial score (nSPS) is 17.1. The minimum absolute atomic E-state index is 0.00607. The first-order valence-corrected chi connectivity index (χ1v) is 11.5. The number of rotatable bonds is 8. The van der Waals surface area contributed by atoms with E-state index in [4.69, 9.17) is 19.5 Å². The molecule has 0 saturated carbocycles. The van der Waals surface area contributed by atoms with Gasteiger partial charge in [-0.1, -0.05) is 24.3 Å². The molecule has 1 aromatic heterocycles. The van der Waals surface area contributed by atoms with Gasteiger partial charge in [0.2, 0.25) is 0 Å². The van der Waals surface area contributed by atoms with Crippen molar-refractivity contribution in [2.75, 3.05) is 13.2 Å². The number of ether oxygens (including phenoxy) is 2. The molecule has 2 aromatic rings. The maximum Gasteiger partial charge on any atom is 0.750 e. The Balaban J connectivity index is 0.000000523. The van der Waals surface area contributed by atoms with Crippen LogP contribution in [0.2, 0.25) is 0 Å². The van der Waals surface area contributed by atoms with Gasteiger partial charge >= 0.3 is 19.9 Å². The fourth-order valence-corrected chi connectivity index (χ4v) is 3.13. The molecule has 3 N–H and O–H groups in total. The van der Waals surface area contributed by atoms with E-state index in [1.54, 1.807) is 57.2 Å². The molecule has 11 nitrogen and oxygen atoms in total. The number of esters is 1. The molecular formula is C23H29N3O8P+.